The molecule has 0 aromatic carbocycles. The van der Waals surface area contributed by atoms with Gasteiger partial charge in [0.1, 0.15) is 5.82 Å². The third kappa shape index (κ3) is 2.84. The lowest BCUT2D eigenvalue weighted by molar-refractivity contribution is -0.133. The molecule has 4 rings (SSSR count). The minimum atomic E-state index is 0.110. The smallest absolute Gasteiger partial charge is 0.226 e. The molecule has 3 heterocycles. The van der Waals surface area contributed by atoms with Crippen LogP contribution in [0.1, 0.15) is 36.1 Å². The van der Waals surface area contributed by atoms with Gasteiger partial charge in [-0.05, 0) is 42.5 Å². The Kier molecular flexibility index (Phi) is 3.88. The Balaban J connectivity index is 1.45. The number of amides is 1. The van der Waals surface area contributed by atoms with Gasteiger partial charge in [0.05, 0.1) is 5.69 Å². The van der Waals surface area contributed by atoms with Crippen molar-refractivity contribution < 1.29 is 4.79 Å². The van der Waals surface area contributed by atoms with Gasteiger partial charge in [-0.1, -0.05) is 6.07 Å². The SMILES string of the molecule is CCNc1cc2c(nn1)CCN(C(=O)[C@H]1C[C@@H]1c1cccnc1)C2. The Bertz CT molecular complexity index is 748. The van der Waals surface area contributed by atoms with Crippen molar-refractivity contribution in [3.63, 3.8) is 0 Å². The Morgan fingerprint density at radius 2 is 2.33 bits per heavy atom. The van der Waals surface area contributed by atoms with Gasteiger partial charge >= 0.3 is 0 Å². The normalized spacial score (nSPS) is 22.0. The van der Waals surface area contributed by atoms with Crippen LogP contribution in [0.3, 0.4) is 0 Å². The van der Waals surface area contributed by atoms with Crippen molar-refractivity contribution in [1.82, 2.24) is 20.1 Å². The van der Waals surface area contributed by atoms with Crippen LogP contribution in [-0.4, -0.2) is 39.1 Å². The quantitative estimate of drug-likeness (QED) is 0.932. The zero-order valence-electron chi connectivity index (χ0n) is 13.8. The number of anilines is 1. The summed E-state index contributed by atoms with van der Waals surface area (Å²) in [6.45, 7) is 4.21. The molecule has 2 aromatic rings. The van der Waals surface area contributed by atoms with E-state index in [0.717, 1.165) is 43.0 Å². The number of hydrogen-bond acceptors (Lipinski definition) is 5. The van der Waals surface area contributed by atoms with Crippen molar-refractivity contribution in [2.75, 3.05) is 18.4 Å². The summed E-state index contributed by atoms with van der Waals surface area (Å²) in [7, 11) is 0. The van der Waals surface area contributed by atoms with Crippen LogP contribution in [0.15, 0.2) is 30.6 Å². The first-order valence-corrected chi connectivity index (χ1v) is 8.54. The van der Waals surface area contributed by atoms with Gasteiger partial charge in [-0.2, -0.15) is 5.10 Å². The number of hydrogen-bond donors (Lipinski definition) is 1. The summed E-state index contributed by atoms with van der Waals surface area (Å²) in [6, 6.07) is 6.03. The van der Waals surface area contributed by atoms with Crippen molar-refractivity contribution in [3.8, 4) is 0 Å². The molecule has 0 saturated heterocycles. The predicted octanol–water partition coefficient (Wildman–Crippen LogP) is 1.99. The Morgan fingerprint density at radius 1 is 1.42 bits per heavy atom. The lowest BCUT2D eigenvalue weighted by Gasteiger charge is -2.28. The van der Waals surface area contributed by atoms with E-state index in [-0.39, 0.29) is 11.8 Å². The highest BCUT2D eigenvalue weighted by molar-refractivity contribution is 5.83. The van der Waals surface area contributed by atoms with E-state index in [0.29, 0.717) is 12.5 Å². The summed E-state index contributed by atoms with van der Waals surface area (Å²) in [6.07, 6.45) is 5.37. The van der Waals surface area contributed by atoms with E-state index >= 15 is 0 Å². The van der Waals surface area contributed by atoms with E-state index in [2.05, 4.69) is 26.6 Å². The zero-order chi connectivity index (χ0) is 16.5. The van der Waals surface area contributed by atoms with Crippen molar-refractivity contribution >= 4 is 11.7 Å². The fourth-order valence-corrected chi connectivity index (χ4v) is 3.45. The molecule has 6 heteroatoms. The highest BCUT2D eigenvalue weighted by Gasteiger charge is 2.46. The lowest BCUT2D eigenvalue weighted by atomic mass is 10.1. The summed E-state index contributed by atoms with van der Waals surface area (Å²) < 4.78 is 0. The van der Waals surface area contributed by atoms with Gasteiger partial charge in [0.15, 0.2) is 0 Å². The molecule has 0 bridgehead atoms. The predicted molar refractivity (Wildman–Crippen MR) is 90.4 cm³/mol. The van der Waals surface area contributed by atoms with E-state index in [9.17, 15) is 4.79 Å². The fraction of sp³-hybridized carbons (Fsp3) is 0.444. The summed E-state index contributed by atoms with van der Waals surface area (Å²) in [5.74, 6) is 1.49. The van der Waals surface area contributed by atoms with Crippen LogP contribution in [0, 0.1) is 5.92 Å². The largest absolute Gasteiger partial charge is 0.369 e. The molecule has 0 unspecified atom stereocenters. The van der Waals surface area contributed by atoms with Crippen LogP contribution >= 0.6 is 0 Å². The van der Waals surface area contributed by atoms with Gasteiger partial charge in [0.2, 0.25) is 5.91 Å². The van der Waals surface area contributed by atoms with Crippen LogP contribution in [0.2, 0.25) is 0 Å². The maximum atomic E-state index is 12.8. The molecular weight excluding hydrogens is 302 g/mol. The zero-order valence-corrected chi connectivity index (χ0v) is 13.8. The molecule has 6 nitrogen and oxygen atoms in total. The maximum Gasteiger partial charge on any atom is 0.226 e. The van der Waals surface area contributed by atoms with Gasteiger partial charge < -0.3 is 10.2 Å². The van der Waals surface area contributed by atoms with Gasteiger partial charge in [0.25, 0.3) is 0 Å². The standard InChI is InChI=1S/C18H21N5O/c1-2-20-17-8-13-11-23(7-5-16(13)21-22-17)18(24)15-9-14(15)12-4-3-6-19-10-12/h3-4,6,8,10,14-15H,2,5,7,9,11H2,1H3,(H,20,22)/t14-,15+/m1/s1. The van der Waals surface area contributed by atoms with Gasteiger partial charge in [0, 0.05) is 44.4 Å². The molecule has 0 spiro atoms. The number of aromatic nitrogens is 3. The van der Waals surface area contributed by atoms with Crippen LogP contribution < -0.4 is 5.32 Å². The van der Waals surface area contributed by atoms with Crippen molar-refractivity contribution in [1.29, 1.82) is 0 Å². The van der Waals surface area contributed by atoms with E-state index in [4.69, 9.17) is 0 Å². The average molecular weight is 323 g/mol. The molecule has 1 aliphatic carbocycles. The monoisotopic (exact) mass is 323 g/mol. The van der Waals surface area contributed by atoms with Crippen molar-refractivity contribution in [2.45, 2.75) is 32.2 Å². The highest BCUT2D eigenvalue weighted by atomic mass is 16.2. The third-order valence-electron chi connectivity index (χ3n) is 4.83. The van der Waals surface area contributed by atoms with Crippen molar-refractivity contribution in [3.05, 3.63) is 47.4 Å². The summed E-state index contributed by atoms with van der Waals surface area (Å²) >= 11 is 0. The van der Waals surface area contributed by atoms with E-state index in [1.165, 1.54) is 5.56 Å². The topological polar surface area (TPSA) is 71.0 Å². The van der Waals surface area contributed by atoms with Crippen LogP contribution in [-0.2, 0) is 17.8 Å². The van der Waals surface area contributed by atoms with Gasteiger partial charge in [-0.15, -0.1) is 5.10 Å². The molecule has 124 valence electrons. The number of nitrogens with one attached hydrogen (secondary N) is 1. The van der Waals surface area contributed by atoms with Gasteiger partial charge in [-0.3, -0.25) is 9.78 Å². The number of carbonyl (C=O) groups excluding carboxylic acids is 1. The Morgan fingerprint density at radius 3 is 3.12 bits per heavy atom. The number of fused-ring (bicyclic) bond motifs is 1. The summed E-state index contributed by atoms with van der Waals surface area (Å²) in [4.78, 5) is 19.0. The van der Waals surface area contributed by atoms with E-state index in [1.807, 2.05) is 30.2 Å². The minimum absolute atomic E-state index is 0.110. The average Bonchev–Trinajstić information content (AvgIpc) is 3.42. The highest BCUT2D eigenvalue weighted by Crippen LogP contribution is 2.48. The summed E-state index contributed by atoms with van der Waals surface area (Å²) in [5, 5.41) is 11.7. The first kappa shape index (κ1) is 15.1. The molecule has 1 aliphatic heterocycles. The summed E-state index contributed by atoms with van der Waals surface area (Å²) in [5.41, 5.74) is 3.30. The Hall–Kier alpha value is -2.50. The van der Waals surface area contributed by atoms with E-state index < -0.39 is 0 Å². The third-order valence-corrected chi connectivity index (χ3v) is 4.83. The second kappa shape index (κ2) is 6.19. The number of nitrogens with zero attached hydrogens (tertiary/aromatic N) is 4. The number of carbonyl (C=O) groups is 1. The van der Waals surface area contributed by atoms with Crippen LogP contribution in [0.5, 0.6) is 0 Å². The van der Waals surface area contributed by atoms with Crippen LogP contribution in [0.4, 0.5) is 5.82 Å². The van der Waals surface area contributed by atoms with E-state index in [1.54, 1.807) is 6.20 Å². The molecule has 1 saturated carbocycles. The molecule has 2 atom stereocenters. The molecular formula is C18H21N5O. The molecule has 0 radical (unpaired) electrons. The molecule has 1 N–H and O–H groups in total. The van der Waals surface area contributed by atoms with Crippen LogP contribution in [0.25, 0.3) is 0 Å². The first-order valence-electron chi connectivity index (χ1n) is 8.54. The number of pyridine rings is 1. The molecule has 1 amide bonds. The lowest BCUT2D eigenvalue weighted by Crippen LogP contribution is -2.37. The fourth-order valence-electron chi connectivity index (χ4n) is 3.45. The molecule has 1 fully saturated rings. The molecule has 2 aliphatic rings. The number of rotatable bonds is 4. The van der Waals surface area contributed by atoms with Crippen molar-refractivity contribution in [2.24, 2.45) is 5.92 Å². The molecule has 24 heavy (non-hydrogen) atoms. The second-order valence-electron chi connectivity index (χ2n) is 6.48. The van der Waals surface area contributed by atoms with Gasteiger partial charge in [-0.25, -0.2) is 0 Å². The minimum Gasteiger partial charge on any atom is -0.369 e. The molecule has 2 aromatic heterocycles. The Labute approximate surface area is 141 Å². The first-order chi connectivity index (χ1) is 11.8. The maximum absolute atomic E-state index is 12.8. The second-order valence-corrected chi connectivity index (χ2v) is 6.48.